The van der Waals surface area contributed by atoms with Gasteiger partial charge in [-0.15, -0.1) is 0 Å². The smallest absolute Gasteiger partial charge is 0.230 e. The predicted octanol–water partition coefficient (Wildman–Crippen LogP) is 2.93. The molecule has 2 fully saturated rings. The Morgan fingerprint density at radius 1 is 1.00 bits per heavy atom. The zero-order chi connectivity index (χ0) is 22.6. The van der Waals surface area contributed by atoms with E-state index in [4.69, 9.17) is 4.74 Å². The highest BCUT2D eigenvalue weighted by Crippen LogP contribution is 2.36. The van der Waals surface area contributed by atoms with Gasteiger partial charge in [0.15, 0.2) is 0 Å². The van der Waals surface area contributed by atoms with Crippen molar-refractivity contribution in [2.75, 3.05) is 42.6 Å². The topological polar surface area (TPSA) is 74.8 Å². The molecule has 7 nitrogen and oxygen atoms in total. The van der Waals surface area contributed by atoms with E-state index in [0.717, 1.165) is 75.5 Å². The number of hydrogen-bond acceptors (Lipinski definition) is 5. The molecule has 7 heteroatoms. The maximum absolute atomic E-state index is 13.5. The number of amides is 2. The molecule has 3 heterocycles. The SMILES string of the molecule is O=C(NCc1ccc(N2CCOCC2)nc1)[C@@H]1CCCC[C@H]1C(=O)N1CCc2ccccc21. The maximum atomic E-state index is 13.5. The molecule has 2 amide bonds. The average molecular weight is 449 g/mol. The quantitative estimate of drug-likeness (QED) is 0.761. The fourth-order valence-electron chi connectivity index (χ4n) is 5.33. The minimum atomic E-state index is -0.264. The normalized spacial score (nSPS) is 22.7. The molecule has 1 saturated carbocycles. The van der Waals surface area contributed by atoms with E-state index < -0.39 is 0 Å². The Labute approximate surface area is 195 Å². The lowest BCUT2D eigenvalue weighted by molar-refractivity contribution is -0.135. The number of fused-ring (bicyclic) bond motifs is 1. The van der Waals surface area contributed by atoms with Crippen LogP contribution in [0.4, 0.5) is 11.5 Å². The maximum Gasteiger partial charge on any atom is 0.230 e. The molecule has 5 rings (SSSR count). The zero-order valence-electron chi connectivity index (χ0n) is 19.0. The molecule has 0 unspecified atom stereocenters. The van der Waals surface area contributed by atoms with Gasteiger partial charge in [-0.1, -0.05) is 37.1 Å². The van der Waals surface area contributed by atoms with Crippen LogP contribution < -0.4 is 15.1 Å². The molecule has 2 aromatic rings. The predicted molar refractivity (Wildman–Crippen MR) is 127 cm³/mol. The molecule has 1 N–H and O–H groups in total. The van der Waals surface area contributed by atoms with Gasteiger partial charge in [0.1, 0.15) is 5.82 Å². The molecule has 174 valence electrons. The third-order valence-electron chi connectivity index (χ3n) is 7.18. The van der Waals surface area contributed by atoms with E-state index in [1.165, 1.54) is 5.56 Å². The summed E-state index contributed by atoms with van der Waals surface area (Å²) in [4.78, 5) is 35.3. The Hall–Kier alpha value is -2.93. The van der Waals surface area contributed by atoms with Crippen LogP contribution in [0.2, 0.25) is 0 Å². The van der Waals surface area contributed by atoms with Gasteiger partial charge in [0.25, 0.3) is 0 Å². The number of anilines is 2. The second-order valence-corrected chi connectivity index (χ2v) is 9.21. The number of rotatable bonds is 5. The van der Waals surface area contributed by atoms with E-state index in [0.29, 0.717) is 13.1 Å². The Bertz CT molecular complexity index is 987. The first-order chi connectivity index (χ1) is 16.2. The molecule has 3 aliphatic rings. The van der Waals surface area contributed by atoms with Gasteiger partial charge < -0.3 is 19.9 Å². The fraction of sp³-hybridized carbons (Fsp3) is 0.500. The van der Waals surface area contributed by atoms with Crippen molar-refractivity contribution in [2.45, 2.75) is 38.6 Å². The summed E-state index contributed by atoms with van der Waals surface area (Å²) in [6.45, 7) is 4.29. The molecule has 1 saturated heterocycles. The van der Waals surface area contributed by atoms with Crippen molar-refractivity contribution in [1.82, 2.24) is 10.3 Å². The third kappa shape index (κ3) is 4.74. The molecule has 0 radical (unpaired) electrons. The monoisotopic (exact) mass is 448 g/mol. The number of para-hydroxylation sites is 1. The van der Waals surface area contributed by atoms with Gasteiger partial charge in [-0.25, -0.2) is 4.98 Å². The lowest BCUT2D eigenvalue weighted by Gasteiger charge is -2.32. The van der Waals surface area contributed by atoms with Crippen LogP contribution in [0.15, 0.2) is 42.6 Å². The number of pyridine rings is 1. The molecule has 2 atom stereocenters. The van der Waals surface area contributed by atoms with Crippen molar-refractivity contribution < 1.29 is 14.3 Å². The first-order valence-corrected chi connectivity index (χ1v) is 12.2. The van der Waals surface area contributed by atoms with Crippen LogP contribution in [0.25, 0.3) is 0 Å². The summed E-state index contributed by atoms with van der Waals surface area (Å²) in [5.41, 5.74) is 3.20. The van der Waals surface area contributed by atoms with Gasteiger partial charge >= 0.3 is 0 Å². The summed E-state index contributed by atoms with van der Waals surface area (Å²) in [5, 5.41) is 3.08. The van der Waals surface area contributed by atoms with E-state index in [-0.39, 0.29) is 23.7 Å². The second kappa shape index (κ2) is 9.91. The molecular weight excluding hydrogens is 416 g/mol. The van der Waals surface area contributed by atoms with Crippen molar-refractivity contribution in [3.05, 3.63) is 53.7 Å². The Morgan fingerprint density at radius 2 is 1.79 bits per heavy atom. The van der Waals surface area contributed by atoms with Crippen molar-refractivity contribution in [2.24, 2.45) is 11.8 Å². The summed E-state index contributed by atoms with van der Waals surface area (Å²) in [7, 11) is 0. The number of benzene rings is 1. The first kappa shape index (κ1) is 21.9. The van der Waals surface area contributed by atoms with Gasteiger partial charge in [-0.2, -0.15) is 0 Å². The highest BCUT2D eigenvalue weighted by atomic mass is 16.5. The molecular formula is C26H32N4O3. The number of carbonyl (C=O) groups is 2. The van der Waals surface area contributed by atoms with Crippen LogP contribution in [-0.4, -0.2) is 49.6 Å². The standard InChI is InChI=1S/C26H32N4O3/c31-25(28-18-19-9-10-24(27-17-19)29-13-15-33-16-14-29)21-6-2-3-7-22(21)26(32)30-12-11-20-5-1-4-8-23(20)30/h1,4-5,8-10,17,21-22H,2-3,6-7,11-16,18H2,(H,28,31)/t21-,22-/m1/s1. The van der Waals surface area contributed by atoms with E-state index in [1.807, 2.05) is 41.4 Å². The summed E-state index contributed by atoms with van der Waals surface area (Å²) in [5.74, 6) is 0.526. The molecule has 1 aromatic heterocycles. The van der Waals surface area contributed by atoms with Crippen LogP contribution in [-0.2, 0) is 27.3 Å². The van der Waals surface area contributed by atoms with E-state index in [1.54, 1.807) is 0 Å². The number of carbonyl (C=O) groups excluding carboxylic acids is 2. The summed E-state index contributed by atoms with van der Waals surface area (Å²) >= 11 is 0. The first-order valence-electron chi connectivity index (χ1n) is 12.2. The zero-order valence-corrected chi connectivity index (χ0v) is 19.0. The number of nitrogens with one attached hydrogen (secondary N) is 1. The number of nitrogens with zero attached hydrogens (tertiary/aromatic N) is 3. The summed E-state index contributed by atoms with van der Waals surface area (Å²) in [6.07, 6.45) is 6.27. The van der Waals surface area contributed by atoms with Gasteiger partial charge in [0, 0.05) is 44.0 Å². The number of aromatic nitrogens is 1. The Morgan fingerprint density at radius 3 is 2.58 bits per heavy atom. The molecule has 2 aliphatic heterocycles. The van der Waals surface area contributed by atoms with Crippen LogP contribution in [0.1, 0.15) is 36.8 Å². The number of hydrogen-bond donors (Lipinski definition) is 1. The second-order valence-electron chi connectivity index (χ2n) is 9.21. The average Bonchev–Trinajstić information content (AvgIpc) is 3.32. The van der Waals surface area contributed by atoms with E-state index >= 15 is 0 Å². The Balaban J connectivity index is 1.21. The molecule has 33 heavy (non-hydrogen) atoms. The van der Waals surface area contributed by atoms with Gasteiger partial charge in [-0.05, 0) is 42.5 Å². The van der Waals surface area contributed by atoms with Crippen molar-refractivity contribution in [3.8, 4) is 0 Å². The molecule has 0 bridgehead atoms. The number of ether oxygens (including phenoxy) is 1. The molecule has 0 spiro atoms. The third-order valence-corrected chi connectivity index (χ3v) is 7.18. The minimum absolute atomic E-state index is 0.0159. The summed E-state index contributed by atoms with van der Waals surface area (Å²) < 4.78 is 5.40. The highest BCUT2D eigenvalue weighted by Gasteiger charge is 2.39. The highest BCUT2D eigenvalue weighted by molar-refractivity contribution is 5.99. The van der Waals surface area contributed by atoms with Crippen LogP contribution in [0.3, 0.4) is 0 Å². The number of morpholine rings is 1. The van der Waals surface area contributed by atoms with Crippen molar-refractivity contribution in [3.63, 3.8) is 0 Å². The van der Waals surface area contributed by atoms with Crippen molar-refractivity contribution >= 4 is 23.3 Å². The molecule has 1 aromatic carbocycles. The fourth-order valence-corrected chi connectivity index (χ4v) is 5.33. The minimum Gasteiger partial charge on any atom is -0.378 e. The van der Waals surface area contributed by atoms with Crippen LogP contribution in [0.5, 0.6) is 0 Å². The van der Waals surface area contributed by atoms with Gasteiger partial charge in [-0.3, -0.25) is 9.59 Å². The molecule has 1 aliphatic carbocycles. The van der Waals surface area contributed by atoms with E-state index in [2.05, 4.69) is 21.3 Å². The lowest BCUT2D eigenvalue weighted by Crippen LogP contribution is -2.45. The lowest BCUT2D eigenvalue weighted by atomic mass is 9.77. The van der Waals surface area contributed by atoms with Gasteiger partial charge in [0.05, 0.1) is 19.1 Å². The van der Waals surface area contributed by atoms with Crippen LogP contribution >= 0.6 is 0 Å². The van der Waals surface area contributed by atoms with Crippen LogP contribution in [0, 0.1) is 11.8 Å². The van der Waals surface area contributed by atoms with Gasteiger partial charge in [0.2, 0.25) is 11.8 Å². The summed E-state index contributed by atoms with van der Waals surface area (Å²) in [6, 6.07) is 12.1. The van der Waals surface area contributed by atoms with E-state index in [9.17, 15) is 9.59 Å². The van der Waals surface area contributed by atoms with Crippen molar-refractivity contribution in [1.29, 1.82) is 0 Å². The largest absolute Gasteiger partial charge is 0.378 e. The Kier molecular flexibility index (Phi) is 6.58.